The molecule has 0 unspecified atom stereocenters. The van der Waals surface area contributed by atoms with E-state index in [9.17, 15) is 35.9 Å². The summed E-state index contributed by atoms with van der Waals surface area (Å²) in [5.41, 5.74) is 6.52. The SMILES string of the molecule is COC(=O)Oc1c(I)c(C)nc(C)c1Cc1ccc(Oc2ccc(OC(F)(F)F)cc2)cc1.Cc1[nH]c(C)c(Cc2ccc(Oc3ccc(OC(F)(F)F)cc3)cc2)c(=O)c1I. The molecule has 6 rings (SSSR count). The van der Waals surface area contributed by atoms with Gasteiger partial charge in [-0.25, -0.2) is 4.79 Å². The summed E-state index contributed by atoms with van der Waals surface area (Å²) in [5.74, 6) is 1.55. The molecular weight excluding hydrogens is 1050 g/mol. The number of aromatic nitrogens is 2. The van der Waals surface area contributed by atoms with Crippen molar-refractivity contribution in [2.24, 2.45) is 0 Å². The van der Waals surface area contributed by atoms with Crippen molar-refractivity contribution < 1.29 is 59.6 Å². The van der Waals surface area contributed by atoms with Crippen molar-refractivity contribution >= 4 is 51.3 Å². The van der Waals surface area contributed by atoms with E-state index >= 15 is 0 Å². The van der Waals surface area contributed by atoms with Crippen molar-refractivity contribution in [3.8, 4) is 40.2 Å². The number of pyridine rings is 2. The number of alkyl halides is 6. The van der Waals surface area contributed by atoms with Gasteiger partial charge in [0, 0.05) is 41.1 Å². The summed E-state index contributed by atoms with van der Waals surface area (Å²) < 4.78 is 104. The van der Waals surface area contributed by atoms with Crippen LogP contribution in [0, 0.1) is 34.8 Å². The second-order valence-corrected chi connectivity index (χ2v) is 15.5. The standard InChI is InChI=1S/C23H19F3INO5.C21H17F3INO3/c1-13-19(21(32-22(29)30-3)20(27)14(2)28-13)12-15-4-6-16(7-5-15)31-17-8-10-18(11-9-17)33-23(24,25)26;1-12-18(20(27)19(25)13(2)26-12)11-14-3-5-15(6-4-14)28-16-7-9-17(10-8-16)29-21(22,23)24/h4-11H,12H2,1-3H3;3-10H,11H2,1-2H3,(H,26,27). The van der Waals surface area contributed by atoms with Crippen LogP contribution in [0.1, 0.15) is 45.0 Å². The molecule has 0 aliphatic carbocycles. The number of rotatable bonds is 11. The Morgan fingerprint density at radius 2 is 0.968 bits per heavy atom. The fourth-order valence-electron chi connectivity index (χ4n) is 5.82. The van der Waals surface area contributed by atoms with Crippen LogP contribution >= 0.6 is 45.2 Å². The maximum absolute atomic E-state index is 12.5. The van der Waals surface area contributed by atoms with Gasteiger partial charge >= 0.3 is 18.9 Å². The summed E-state index contributed by atoms with van der Waals surface area (Å²) in [6, 6.07) is 24.6. The molecule has 0 fully saturated rings. The smallest absolute Gasteiger partial charge is 0.457 e. The summed E-state index contributed by atoms with van der Waals surface area (Å²) >= 11 is 4.13. The monoisotopic (exact) mass is 1090 g/mol. The van der Waals surface area contributed by atoms with Gasteiger partial charge in [-0.1, -0.05) is 24.3 Å². The number of nitrogens with zero attached hydrogens (tertiary/aromatic N) is 1. The van der Waals surface area contributed by atoms with Crippen molar-refractivity contribution in [1.29, 1.82) is 0 Å². The Morgan fingerprint density at radius 1 is 0.581 bits per heavy atom. The number of methoxy groups -OCH3 is 1. The molecule has 0 atom stereocenters. The Morgan fingerprint density at radius 3 is 1.37 bits per heavy atom. The van der Waals surface area contributed by atoms with Crippen LogP contribution in [0.5, 0.6) is 40.2 Å². The lowest BCUT2D eigenvalue weighted by Crippen LogP contribution is -2.18. The second kappa shape index (κ2) is 20.6. The van der Waals surface area contributed by atoms with Gasteiger partial charge in [0.2, 0.25) is 0 Å². The van der Waals surface area contributed by atoms with Crippen LogP contribution < -0.4 is 29.1 Å². The summed E-state index contributed by atoms with van der Waals surface area (Å²) in [6.45, 7) is 7.42. The average Bonchev–Trinajstić information content (AvgIpc) is 3.21. The minimum absolute atomic E-state index is 0.0286. The maximum atomic E-state index is 12.5. The van der Waals surface area contributed by atoms with Gasteiger partial charge in [0.05, 0.1) is 19.9 Å². The number of ether oxygens (including phenoxy) is 6. The number of halogens is 8. The predicted molar refractivity (Wildman–Crippen MR) is 234 cm³/mol. The molecule has 0 saturated heterocycles. The van der Waals surface area contributed by atoms with Crippen LogP contribution in [0.4, 0.5) is 31.1 Å². The molecule has 0 radical (unpaired) electrons. The topological polar surface area (TPSA) is 118 Å². The van der Waals surface area contributed by atoms with Crippen LogP contribution in [0.3, 0.4) is 0 Å². The van der Waals surface area contributed by atoms with Gasteiger partial charge < -0.3 is 33.4 Å². The van der Waals surface area contributed by atoms with Crippen molar-refractivity contribution in [2.75, 3.05) is 7.11 Å². The predicted octanol–water partition coefficient (Wildman–Crippen LogP) is 12.6. The van der Waals surface area contributed by atoms with Gasteiger partial charge in [0.1, 0.15) is 34.5 Å². The van der Waals surface area contributed by atoms with Crippen LogP contribution in [0.2, 0.25) is 0 Å². The third kappa shape index (κ3) is 13.7. The van der Waals surface area contributed by atoms with Crippen molar-refractivity contribution in [1.82, 2.24) is 9.97 Å². The number of aromatic amines is 1. The molecule has 0 aliphatic heterocycles. The molecule has 0 spiro atoms. The van der Waals surface area contributed by atoms with Crippen LogP contribution in [-0.4, -0.2) is 36.0 Å². The van der Waals surface area contributed by atoms with Crippen molar-refractivity contribution in [3.63, 3.8) is 0 Å². The Balaban J connectivity index is 0.000000236. The van der Waals surface area contributed by atoms with E-state index in [1.165, 1.54) is 55.6 Å². The van der Waals surface area contributed by atoms with E-state index in [1.807, 2.05) is 74.6 Å². The van der Waals surface area contributed by atoms with Crippen LogP contribution in [0.15, 0.2) is 102 Å². The third-order valence-corrected chi connectivity index (χ3v) is 11.3. The molecule has 326 valence electrons. The molecule has 18 heteroatoms. The number of hydrogen-bond donors (Lipinski definition) is 1. The lowest BCUT2D eigenvalue weighted by molar-refractivity contribution is -0.275. The first-order valence-electron chi connectivity index (χ1n) is 18.2. The Labute approximate surface area is 378 Å². The molecule has 1 N–H and O–H groups in total. The van der Waals surface area contributed by atoms with Crippen LogP contribution in [-0.2, 0) is 17.6 Å². The van der Waals surface area contributed by atoms with Gasteiger partial charge in [-0.05, 0) is 157 Å². The first-order chi connectivity index (χ1) is 29.2. The zero-order valence-corrected chi connectivity index (χ0v) is 37.7. The zero-order chi connectivity index (χ0) is 45.4. The average molecular weight is 1090 g/mol. The lowest BCUT2D eigenvalue weighted by atomic mass is 10.0. The molecule has 4 aromatic carbocycles. The fraction of sp³-hybridized carbons (Fsp3) is 0.205. The number of aryl methyl sites for hydroxylation is 4. The van der Waals surface area contributed by atoms with Crippen molar-refractivity contribution in [2.45, 2.75) is 53.3 Å². The van der Waals surface area contributed by atoms with Gasteiger partial charge in [-0.15, -0.1) is 26.3 Å². The van der Waals surface area contributed by atoms with Gasteiger partial charge in [-0.2, -0.15) is 0 Å². The summed E-state index contributed by atoms with van der Waals surface area (Å²) in [5, 5.41) is 0. The van der Waals surface area contributed by atoms with E-state index in [4.69, 9.17) is 14.2 Å². The second-order valence-electron chi connectivity index (χ2n) is 13.3. The van der Waals surface area contributed by atoms with Gasteiger partial charge in [-0.3, -0.25) is 9.78 Å². The van der Waals surface area contributed by atoms with Crippen molar-refractivity contribution in [3.05, 3.63) is 159 Å². The largest absolute Gasteiger partial charge is 0.573 e. The molecule has 0 saturated carbocycles. The van der Waals surface area contributed by atoms with E-state index < -0.39 is 18.9 Å². The Bertz CT molecular complexity index is 2550. The molecular formula is C44H36F6I2N2O8. The number of carbonyl (C=O) groups excluding carboxylic acids is 1. The molecule has 6 aromatic rings. The van der Waals surface area contributed by atoms with Gasteiger partial charge in [0.15, 0.2) is 11.2 Å². The molecule has 10 nitrogen and oxygen atoms in total. The van der Waals surface area contributed by atoms with E-state index in [0.717, 1.165) is 43.0 Å². The minimum Gasteiger partial charge on any atom is -0.457 e. The summed E-state index contributed by atoms with van der Waals surface area (Å²) in [4.78, 5) is 32.0. The molecule has 62 heavy (non-hydrogen) atoms. The highest BCUT2D eigenvalue weighted by Crippen LogP contribution is 2.34. The minimum atomic E-state index is -4.75. The molecule has 2 heterocycles. The fourth-order valence-corrected chi connectivity index (χ4v) is 6.83. The Hall–Kier alpha value is -5.51. The normalized spacial score (nSPS) is 11.2. The lowest BCUT2D eigenvalue weighted by Gasteiger charge is -2.15. The van der Waals surface area contributed by atoms with E-state index in [2.05, 4.69) is 46.8 Å². The number of nitrogens with one attached hydrogen (secondary N) is 1. The molecule has 2 aromatic heterocycles. The third-order valence-electron chi connectivity index (χ3n) is 8.74. The van der Waals surface area contributed by atoms with Gasteiger partial charge in [0.25, 0.3) is 0 Å². The molecule has 0 aliphatic rings. The molecule has 0 amide bonds. The number of carbonyl (C=O) groups is 1. The number of benzene rings is 4. The quantitative estimate of drug-likeness (QED) is 0.0769. The molecule has 0 bridgehead atoms. The maximum Gasteiger partial charge on any atom is 0.573 e. The van der Waals surface area contributed by atoms with Crippen LogP contribution in [0.25, 0.3) is 0 Å². The van der Waals surface area contributed by atoms with E-state index in [0.29, 0.717) is 50.7 Å². The highest BCUT2D eigenvalue weighted by Gasteiger charge is 2.32. The first-order valence-corrected chi connectivity index (χ1v) is 20.4. The zero-order valence-electron chi connectivity index (χ0n) is 33.4. The van der Waals surface area contributed by atoms with E-state index in [1.54, 1.807) is 24.3 Å². The highest BCUT2D eigenvalue weighted by atomic mass is 127. The Kier molecular flexibility index (Phi) is 15.8. The van der Waals surface area contributed by atoms with E-state index in [-0.39, 0.29) is 16.9 Å². The number of H-pyrrole nitrogens is 1. The summed E-state index contributed by atoms with van der Waals surface area (Å²) in [7, 11) is 1.24. The first kappa shape index (κ1) is 47.5. The highest BCUT2D eigenvalue weighted by molar-refractivity contribution is 14.1. The summed E-state index contributed by atoms with van der Waals surface area (Å²) in [6.07, 6.45) is -9.35. The number of hydrogen-bond acceptors (Lipinski definition) is 9.